The molecule has 0 spiro atoms. The van der Waals surface area contributed by atoms with E-state index in [1.165, 1.54) is 5.54 Å². The van der Waals surface area contributed by atoms with E-state index in [1.54, 1.807) is 0 Å². The van der Waals surface area contributed by atoms with Crippen LogP contribution in [0.4, 0.5) is 0 Å². The molecule has 1 aliphatic rings. The van der Waals surface area contributed by atoms with Gasteiger partial charge >= 0.3 is 5.97 Å². The van der Waals surface area contributed by atoms with Gasteiger partial charge in [-0.25, -0.2) is 0 Å². The van der Waals surface area contributed by atoms with Gasteiger partial charge in [0.25, 0.3) is 0 Å². The highest BCUT2D eigenvalue weighted by Gasteiger charge is 2.25. The van der Waals surface area contributed by atoms with E-state index in [9.17, 15) is 4.79 Å². The molecule has 0 aromatic rings. The number of aliphatic carboxylic acids is 1. The lowest BCUT2D eigenvalue weighted by molar-refractivity contribution is -0.143. The summed E-state index contributed by atoms with van der Waals surface area (Å²) < 4.78 is 0. The average molecular weight is 266 g/mol. The number of carboxylic acids is 1. The average Bonchev–Trinajstić information content (AvgIpc) is 2.29. The van der Waals surface area contributed by atoms with E-state index in [0.717, 1.165) is 32.2 Å². The first-order valence-corrected chi connectivity index (χ1v) is 6.33. The summed E-state index contributed by atoms with van der Waals surface area (Å²) in [7, 11) is 0. The minimum absolute atomic E-state index is 0.137. The maximum atomic E-state index is 10.7. The molecule has 1 fully saturated rings. The fourth-order valence-corrected chi connectivity index (χ4v) is 2.22. The lowest BCUT2D eigenvalue weighted by Crippen LogP contribution is -2.29. The van der Waals surface area contributed by atoms with Crippen molar-refractivity contribution in [2.24, 2.45) is 11.8 Å². The number of rotatable bonds is 5. The minimum atomic E-state index is -0.653. The Morgan fingerprint density at radius 1 is 1.38 bits per heavy atom. The molecule has 0 aromatic heterocycles. The van der Waals surface area contributed by atoms with Gasteiger partial charge in [0, 0.05) is 17.1 Å². The van der Waals surface area contributed by atoms with E-state index in [-0.39, 0.29) is 5.92 Å². The van der Waals surface area contributed by atoms with Crippen LogP contribution in [0.3, 0.4) is 0 Å². The van der Waals surface area contributed by atoms with Crippen LogP contribution in [0.2, 0.25) is 0 Å². The molecule has 0 saturated heterocycles. The summed E-state index contributed by atoms with van der Waals surface area (Å²) >= 11 is 11.2. The minimum Gasteiger partial charge on any atom is -0.481 e. The predicted octanol–water partition coefficient (Wildman–Crippen LogP) is 2.79. The lowest BCUT2D eigenvalue weighted by Gasteiger charge is -2.26. The zero-order valence-corrected chi connectivity index (χ0v) is 10.6. The SMILES string of the molecule is O=C(O)C1CCC(CNCC(Cl)=CCl)CC1. The van der Waals surface area contributed by atoms with Gasteiger partial charge in [0.05, 0.1) is 5.92 Å². The maximum absolute atomic E-state index is 10.7. The molecule has 0 amide bonds. The Hall–Kier alpha value is -0.250. The van der Waals surface area contributed by atoms with Crippen LogP contribution < -0.4 is 5.32 Å². The smallest absolute Gasteiger partial charge is 0.306 e. The van der Waals surface area contributed by atoms with Gasteiger partial charge in [-0.3, -0.25) is 4.79 Å². The summed E-state index contributed by atoms with van der Waals surface area (Å²) in [5, 5.41) is 12.7. The Morgan fingerprint density at radius 2 is 2.00 bits per heavy atom. The summed E-state index contributed by atoms with van der Waals surface area (Å²) in [4.78, 5) is 10.7. The summed E-state index contributed by atoms with van der Waals surface area (Å²) in [6, 6.07) is 0. The van der Waals surface area contributed by atoms with Gasteiger partial charge < -0.3 is 10.4 Å². The molecule has 92 valence electrons. The van der Waals surface area contributed by atoms with Crippen LogP contribution in [0.25, 0.3) is 0 Å². The summed E-state index contributed by atoms with van der Waals surface area (Å²) in [5.41, 5.74) is 1.36. The van der Waals surface area contributed by atoms with Crippen molar-refractivity contribution in [2.75, 3.05) is 13.1 Å². The summed E-state index contributed by atoms with van der Waals surface area (Å²) in [5.74, 6) is -0.225. The van der Waals surface area contributed by atoms with E-state index >= 15 is 0 Å². The normalized spacial score (nSPS) is 26.8. The van der Waals surface area contributed by atoms with E-state index in [4.69, 9.17) is 28.3 Å². The van der Waals surface area contributed by atoms with Gasteiger partial charge in [-0.1, -0.05) is 23.2 Å². The molecule has 16 heavy (non-hydrogen) atoms. The number of halogens is 2. The van der Waals surface area contributed by atoms with Crippen LogP contribution in [0, 0.1) is 11.8 Å². The van der Waals surface area contributed by atoms with Crippen molar-refractivity contribution in [1.82, 2.24) is 5.32 Å². The van der Waals surface area contributed by atoms with Gasteiger partial charge in [0.2, 0.25) is 0 Å². The molecular formula is C11H17Cl2NO2. The molecule has 5 heteroatoms. The van der Waals surface area contributed by atoms with Crippen LogP contribution in [-0.4, -0.2) is 24.2 Å². The standard InChI is InChI=1S/C11H17Cl2NO2/c12-5-10(13)7-14-6-8-1-3-9(4-2-8)11(15)16/h5,8-9,14H,1-4,6-7H2,(H,15,16). The number of nitrogens with one attached hydrogen (secondary N) is 1. The van der Waals surface area contributed by atoms with Crippen molar-refractivity contribution in [2.45, 2.75) is 25.7 Å². The van der Waals surface area contributed by atoms with Crippen LogP contribution in [0.1, 0.15) is 25.7 Å². The second-order valence-electron chi connectivity index (χ2n) is 4.24. The Morgan fingerprint density at radius 3 is 2.50 bits per heavy atom. The highest BCUT2D eigenvalue weighted by molar-refractivity contribution is 6.36. The molecule has 3 nitrogen and oxygen atoms in total. The molecule has 1 saturated carbocycles. The van der Waals surface area contributed by atoms with Gasteiger partial charge in [-0.15, -0.1) is 0 Å². The zero-order chi connectivity index (χ0) is 12.0. The van der Waals surface area contributed by atoms with E-state index in [2.05, 4.69) is 5.32 Å². The fraction of sp³-hybridized carbons (Fsp3) is 0.727. The third kappa shape index (κ3) is 4.73. The van der Waals surface area contributed by atoms with Crippen molar-refractivity contribution in [3.05, 3.63) is 10.6 Å². The number of carboxylic acid groups (broad SMARTS) is 1. The molecule has 0 heterocycles. The second-order valence-corrected chi connectivity index (χ2v) is 4.95. The molecule has 1 aliphatic carbocycles. The number of hydrogen-bond donors (Lipinski definition) is 2. The largest absolute Gasteiger partial charge is 0.481 e. The summed E-state index contributed by atoms with van der Waals surface area (Å²) in [6.45, 7) is 1.47. The molecular weight excluding hydrogens is 249 g/mol. The van der Waals surface area contributed by atoms with Crippen molar-refractivity contribution in [3.8, 4) is 0 Å². The van der Waals surface area contributed by atoms with Crippen LogP contribution in [0.15, 0.2) is 10.6 Å². The Bertz CT molecular complexity index is 261. The molecule has 0 aliphatic heterocycles. The predicted molar refractivity (Wildman–Crippen MR) is 65.7 cm³/mol. The van der Waals surface area contributed by atoms with Crippen LogP contribution in [-0.2, 0) is 4.79 Å². The third-order valence-corrected chi connectivity index (χ3v) is 3.66. The molecule has 2 N–H and O–H groups in total. The zero-order valence-electron chi connectivity index (χ0n) is 9.09. The van der Waals surface area contributed by atoms with Gasteiger partial charge in [0.1, 0.15) is 0 Å². The van der Waals surface area contributed by atoms with Crippen LogP contribution in [0.5, 0.6) is 0 Å². The van der Waals surface area contributed by atoms with Crippen molar-refractivity contribution in [1.29, 1.82) is 0 Å². The quantitative estimate of drug-likeness (QED) is 0.804. The van der Waals surface area contributed by atoms with E-state index in [1.807, 2.05) is 0 Å². The summed E-state index contributed by atoms with van der Waals surface area (Å²) in [6.07, 6.45) is 3.54. The van der Waals surface area contributed by atoms with Gasteiger partial charge in [0.15, 0.2) is 0 Å². The molecule has 0 atom stereocenters. The molecule has 1 rings (SSSR count). The first kappa shape index (κ1) is 13.8. The van der Waals surface area contributed by atoms with Crippen molar-refractivity contribution < 1.29 is 9.90 Å². The van der Waals surface area contributed by atoms with Crippen LogP contribution >= 0.6 is 23.2 Å². The van der Waals surface area contributed by atoms with Crippen molar-refractivity contribution >= 4 is 29.2 Å². The lowest BCUT2D eigenvalue weighted by atomic mass is 9.82. The highest BCUT2D eigenvalue weighted by Crippen LogP contribution is 2.28. The topological polar surface area (TPSA) is 49.3 Å². The van der Waals surface area contributed by atoms with Gasteiger partial charge in [-0.05, 0) is 38.1 Å². The van der Waals surface area contributed by atoms with Gasteiger partial charge in [-0.2, -0.15) is 0 Å². The first-order valence-electron chi connectivity index (χ1n) is 5.51. The van der Waals surface area contributed by atoms with E-state index < -0.39 is 5.97 Å². The van der Waals surface area contributed by atoms with Crippen molar-refractivity contribution in [3.63, 3.8) is 0 Å². The fourth-order valence-electron chi connectivity index (χ4n) is 2.05. The second kappa shape index (κ2) is 7.15. The molecule has 0 unspecified atom stereocenters. The number of carbonyl (C=O) groups is 1. The Labute approximate surface area is 106 Å². The molecule has 0 radical (unpaired) electrons. The Balaban J connectivity index is 2.15. The highest BCUT2D eigenvalue weighted by atomic mass is 35.5. The maximum Gasteiger partial charge on any atom is 0.306 e. The van der Waals surface area contributed by atoms with E-state index in [0.29, 0.717) is 17.5 Å². The monoisotopic (exact) mass is 265 g/mol. The number of hydrogen-bond acceptors (Lipinski definition) is 2. The Kier molecular flexibility index (Phi) is 6.17. The third-order valence-electron chi connectivity index (χ3n) is 3.04. The molecule has 0 aromatic carbocycles. The first-order chi connectivity index (χ1) is 7.63. The molecule has 0 bridgehead atoms.